The molecule has 3 rings (SSSR count). The fourth-order valence-electron chi connectivity index (χ4n) is 3.60. The molecule has 1 N–H and O–H groups in total. The highest BCUT2D eigenvalue weighted by molar-refractivity contribution is 7.99. The summed E-state index contributed by atoms with van der Waals surface area (Å²) in [5.74, 6) is -1.25. The summed E-state index contributed by atoms with van der Waals surface area (Å²) in [7, 11) is 1.53. The molecule has 0 radical (unpaired) electrons. The van der Waals surface area contributed by atoms with Gasteiger partial charge in [-0.1, -0.05) is 0 Å². The summed E-state index contributed by atoms with van der Waals surface area (Å²) < 4.78 is 10.8. The first-order valence-electron chi connectivity index (χ1n) is 9.05. The molecule has 1 saturated heterocycles. The van der Waals surface area contributed by atoms with Crippen molar-refractivity contribution in [2.24, 2.45) is 0 Å². The number of carbonyl (C=O) groups is 3. The average molecular weight is 405 g/mol. The number of methoxy groups -OCH3 is 1. The van der Waals surface area contributed by atoms with E-state index in [1.54, 1.807) is 29.2 Å². The third-order valence-corrected chi connectivity index (χ3v) is 5.88. The highest BCUT2D eigenvalue weighted by Gasteiger charge is 2.43. The van der Waals surface area contributed by atoms with Gasteiger partial charge in [-0.25, -0.2) is 0 Å². The van der Waals surface area contributed by atoms with Gasteiger partial charge in [0.05, 0.1) is 19.6 Å². The number of ether oxygens (including phenoxy) is 2. The predicted octanol–water partition coefficient (Wildman–Crippen LogP) is 2.36. The van der Waals surface area contributed by atoms with Crippen molar-refractivity contribution in [2.45, 2.75) is 30.7 Å². The van der Waals surface area contributed by atoms with E-state index in [0.29, 0.717) is 24.5 Å². The molecule has 0 unspecified atom stereocenters. The van der Waals surface area contributed by atoms with Crippen molar-refractivity contribution >= 4 is 29.4 Å². The van der Waals surface area contributed by atoms with E-state index < -0.39 is 23.7 Å². The molecule has 1 aromatic rings. The summed E-state index contributed by atoms with van der Waals surface area (Å²) in [6, 6.07) is 6.58. The second-order valence-electron chi connectivity index (χ2n) is 6.70. The number of nitrogens with zero attached hydrogens (tertiary/aromatic N) is 1. The zero-order chi connectivity index (χ0) is 20.3. The quantitative estimate of drug-likeness (QED) is 0.664. The number of benzene rings is 1. The van der Waals surface area contributed by atoms with Crippen LogP contribution < -0.4 is 4.74 Å². The van der Waals surface area contributed by atoms with Crippen LogP contribution in [0.15, 0.2) is 35.4 Å². The van der Waals surface area contributed by atoms with Crippen molar-refractivity contribution in [1.29, 1.82) is 0 Å². The van der Waals surface area contributed by atoms with Crippen molar-refractivity contribution in [3.63, 3.8) is 0 Å². The van der Waals surface area contributed by atoms with E-state index in [9.17, 15) is 19.5 Å². The minimum absolute atomic E-state index is 0.0608. The van der Waals surface area contributed by atoms with Gasteiger partial charge in [0.2, 0.25) is 0 Å². The molecule has 1 fully saturated rings. The van der Waals surface area contributed by atoms with Gasteiger partial charge in [-0.3, -0.25) is 14.4 Å². The zero-order valence-corrected chi connectivity index (χ0v) is 16.7. The Hall–Kier alpha value is -2.32. The molecule has 0 saturated carbocycles. The van der Waals surface area contributed by atoms with Crippen LogP contribution in [-0.4, -0.2) is 65.7 Å². The van der Waals surface area contributed by atoms with Gasteiger partial charge in [0.1, 0.15) is 11.1 Å². The Bertz CT molecular complexity index is 797. The van der Waals surface area contributed by atoms with E-state index in [4.69, 9.17) is 9.47 Å². The molecular formula is C20H23NO6S. The minimum Gasteiger partial charge on any atom is -0.497 e. The highest BCUT2D eigenvalue weighted by Crippen LogP contribution is 2.37. The summed E-state index contributed by atoms with van der Waals surface area (Å²) in [5, 5.41) is 8.77. The SMILES string of the molecule is COc1ccc(C(=O)C2=C(CC(=O)O)C(=O)N(C[C@@H]3CCCO3)[C@H]2SC)cc1. The molecule has 2 heterocycles. The van der Waals surface area contributed by atoms with Crippen molar-refractivity contribution in [1.82, 2.24) is 4.90 Å². The second kappa shape index (κ2) is 8.79. The maximum atomic E-state index is 13.2. The number of ketones is 1. The van der Waals surface area contributed by atoms with Crippen LogP contribution in [0, 0.1) is 0 Å². The normalized spacial score (nSPS) is 22.1. The Morgan fingerprint density at radius 1 is 1.32 bits per heavy atom. The van der Waals surface area contributed by atoms with Crippen LogP contribution in [0.25, 0.3) is 0 Å². The lowest BCUT2D eigenvalue weighted by Gasteiger charge is -2.27. The summed E-state index contributed by atoms with van der Waals surface area (Å²) >= 11 is 1.35. The Balaban J connectivity index is 1.95. The fourth-order valence-corrected chi connectivity index (χ4v) is 4.52. The van der Waals surface area contributed by atoms with Gasteiger partial charge < -0.3 is 19.5 Å². The molecule has 0 aromatic heterocycles. The Morgan fingerprint density at radius 3 is 2.57 bits per heavy atom. The summed E-state index contributed by atoms with van der Waals surface area (Å²) in [5.41, 5.74) is 0.707. The van der Waals surface area contributed by atoms with E-state index in [0.717, 1.165) is 12.8 Å². The Morgan fingerprint density at radius 2 is 2.04 bits per heavy atom. The van der Waals surface area contributed by atoms with Gasteiger partial charge in [0.25, 0.3) is 5.91 Å². The van der Waals surface area contributed by atoms with Gasteiger partial charge in [-0.2, -0.15) is 0 Å². The number of hydrogen-bond donors (Lipinski definition) is 1. The van der Waals surface area contributed by atoms with Crippen molar-refractivity contribution < 1.29 is 29.0 Å². The summed E-state index contributed by atoms with van der Waals surface area (Å²) in [6.07, 6.45) is 3.03. The Kier molecular flexibility index (Phi) is 6.41. The smallest absolute Gasteiger partial charge is 0.308 e. The first-order valence-corrected chi connectivity index (χ1v) is 10.3. The first kappa shape index (κ1) is 20.4. The van der Waals surface area contributed by atoms with Gasteiger partial charge in [-0.15, -0.1) is 11.8 Å². The largest absolute Gasteiger partial charge is 0.497 e. The maximum Gasteiger partial charge on any atom is 0.308 e. The van der Waals surface area contributed by atoms with Crippen LogP contribution in [0.3, 0.4) is 0 Å². The van der Waals surface area contributed by atoms with E-state index in [1.807, 2.05) is 6.26 Å². The van der Waals surface area contributed by atoms with Crippen molar-refractivity contribution in [3.05, 3.63) is 41.0 Å². The lowest BCUT2D eigenvalue weighted by molar-refractivity contribution is -0.137. The molecule has 0 spiro atoms. The number of thioether (sulfide) groups is 1. The Labute approximate surface area is 167 Å². The van der Waals surface area contributed by atoms with E-state index in [1.165, 1.54) is 18.9 Å². The number of aliphatic carboxylic acids is 1. The van der Waals surface area contributed by atoms with Crippen LogP contribution in [0.1, 0.15) is 29.6 Å². The van der Waals surface area contributed by atoms with Gasteiger partial charge in [0, 0.05) is 29.9 Å². The van der Waals surface area contributed by atoms with Crippen molar-refractivity contribution in [2.75, 3.05) is 26.5 Å². The molecular weight excluding hydrogens is 382 g/mol. The monoisotopic (exact) mass is 405 g/mol. The fraction of sp³-hybridized carbons (Fsp3) is 0.450. The molecule has 150 valence electrons. The standard InChI is InChI=1S/C20H23NO6S/c1-26-13-7-5-12(6-8-13)18(24)17-15(10-16(22)23)19(25)21(20(17)28-2)11-14-4-3-9-27-14/h5-8,14,20H,3-4,9-11H2,1-2H3,(H,22,23)/t14-,20-/m0/s1. The van der Waals surface area contributed by atoms with Crippen molar-refractivity contribution in [3.8, 4) is 5.75 Å². The minimum atomic E-state index is -1.14. The van der Waals surface area contributed by atoms with Gasteiger partial charge in [-0.05, 0) is 43.4 Å². The predicted molar refractivity (Wildman–Crippen MR) is 105 cm³/mol. The van der Waals surface area contributed by atoms with Gasteiger partial charge in [0.15, 0.2) is 5.78 Å². The van der Waals surface area contributed by atoms with E-state index >= 15 is 0 Å². The van der Waals surface area contributed by atoms with Gasteiger partial charge >= 0.3 is 5.97 Å². The molecule has 2 aliphatic heterocycles. The number of carbonyl (C=O) groups excluding carboxylic acids is 2. The molecule has 0 bridgehead atoms. The van der Waals surface area contributed by atoms with Crippen LogP contribution in [0.5, 0.6) is 5.75 Å². The van der Waals surface area contributed by atoms with Crippen LogP contribution >= 0.6 is 11.8 Å². The number of carboxylic acids is 1. The summed E-state index contributed by atoms with van der Waals surface area (Å²) in [4.78, 5) is 39.2. The molecule has 1 amide bonds. The number of hydrogen-bond acceptors (Lipinski definition) is 6. The van der Waals surface area contributed by atoms with Crippen LogP contribution in [0.4, 0.5) is 0 Å². The topological polar surface area (TPSA) is 93.1 Å². The number of Topliss-reactive ketones (excluding diaryl/α,β-unsaturated/α-hetero) is 1. The van der Waals surface area contributed by atoms with E-state index in [-0.39, 0.29) is 23.0 Å². The average Bonchev–Trinajstić information content (AvgIpc) is 3.29. The molecule has 2 aliphatic rings. The number of rotatable bonds is 8. The maximum absolute atomic E-state index is 13.2. The first-order chi connectivity index (χ1) is 13.5. The lowest BCUT2D eigenvalue weighted by Crippen LogP contribution is -2.40. The number of amides is 1. The summed E-state index contributed by atoms with van der Waals surface area (Å²) in [6.45, 7) is 1.01. The molecule has 8 heteroatoms. The molecule has 2 atom stereocenters. The third-order valence-electron chi connectivity index (χ3n) is 4.95. The lowest BCUT2D eigenvalue weighted by atomic mass is 9.98. The molecule has 7 nitrogen and oxygen atoms in total. The highest BCUT2D eigenvalue weighted by atomic mass is 32.2. The van der Waals surface area contributed by atoms with E-state index in [2.05, 4.69) is 0 Å². The second-order valence-corrected chi connectivity index (χ2v) is 7.62. The molecule has 0 aliphatic carbocycles. The molecule has 28 heavy (non-hydrogen) atoms. The molecule has 1 aromatic carbocycles. The third kappa shape index (κ3) is 4.07. The number of carboxylic acid groups (broad SMARTS) is 1. The van der Waals surface area contributed by atoms with Crippen LogP contribution in [0.2, 0.25) is 0 Å². The zero-order valence-electron chi connectivity index (χ0n) is 15.8. The van der Waals surface area contributed by atoms with Crippen LogP contribution in [-0.2, 0) is 14.3 Å².